The monoisotopic (exact) mass is 236 g/mol. The summed E-state index contributed by atoms with van der Waals surface area (Å²) in [5, 5.41) is 8.89. The van der Waals surface area contributed by atoms with Crippen LogP contribution in [0.25, 0.3) is 11.3 Å². The largest absolute Gasteiger partial charge is 0.252 e. The zero-order chi connectivity index (χ0) is 13.1. The Morgan fingerprint density at radius 3 is 2.22 bits per heavy atom. The Bertz CT molecular complexity index is 589. The van der Waals surface area contributed by atoms with Crippen LogP contribution in [0.4, 0.5) is 0 Å². The molecule has 1 heterocycles. The van der Waals surface area contributed by atoms with Gasteiger partial charge in [-0.3, -0.25) is 4.98 Å². The SMILES string of the molecule is Cc1nc(-c2ccc(C(C)C)cc2)ccc1C#N. The van der Waals surface area contributed by atoms with Gasteiger partial charge in [-0.1, -0.05) is 38.1 Å². The molecule has 90 valence electrons. The fraction of sp³-hybridized carbons (Fsp3) is 0.250. The predicted octanol–water partition coefficient (Wildman–Crippen LogP) is 4.05. The third kappa shape index (κ3) is 2.41. The zero-order valence-electron chi connectivity index (χ0n) is 10.9. The lowest BCUT2D eigenvalue weighted by molar-refractivity contribution is 0.867. The van der Waals surface area contributed by atoms with Gasteiger partial charge in [0, 0.05) is 5.56 Å². The second kappa shape index (κ2) is 5.01. The van der Waals surface area contributed by atoms with Crippen molar-refractivity contribution in [3.8, 4) is 17.3 Å². The molecular formula is C16H16N2. The first-order valence-corrected chi connectivity index (χ1v) is 6.10. The molecule has 0 aliphatic carbocycles. The molecule has 0 spiro atoms. The van der Waals surface area contributed by atoms with E-state index in [1.165, 1.54) is 5.56 Å². The van der Waals surface area contributed by atoms with E-state index in [4.69, 9.17) is 5.26 Å². The number of nitriles is 1. The van der Waals surface area contributed by atoms with Crippen LogP contribution in [0.2, 0.25) is 0 Å². The molecular weight excluding hydrogens is 220 g/mol. The average molecular weight is 236 g/mol. The molecule has 2 nitrogen and oxygen atoms in total. The predicted molar refractivity (Wildman–Crippen MR) is 73.2 cm³/mol. The van der Waals surface area contributed by atoms with Crippen LogP contribution in [0.3, 0.4) is 0 Å². The van der Waals surface area contributed by atoms with E-state index < -0.39 is 0 Å². The topological polar surface area (TPSA) is 36.7 Å². The Morgan fingerprint density at radius 2 is 1.72 bits per heavy atom. The van der Waals surface area contributed by atoms with E-state index in [0.29, 0.717) is 11.5 Å². The number of aromatic nitrogens is 1. The van der Waals surface area contributed by atoms with Crippen molar-refractivity contribution in [1.82, 2.24) is 4.98 Å². The molecule has 18 heavy (non-hydrogen) atoms. The summed E-state index contributed by atoms with van der Waals surface area (Å²) < 4.78 is 0. The van der Waals surface area contributed by atoms with Gasteiger partial charge in [-0.25, -0.2) is 0 Å². The van der Waals surface area contributed by atoms with Gasteiger partial charge in [0.15, 0.2) is 0 Å². The molecule has 1 aromatic heterocycles. The van der Waals surface area contributed by atoms with Crippen LogP contribution in [0.1, 0.15) is 36.6 Å². The zero-order valence-corrected chi connectivity index (χ0v) is 10.9. The second-order valence-electron chi connectivity index (χ2n) is 4.72. The summed E-state index contributed by atoms with van der Waals surface area (Å²) in [6.45, 7) is 6.22. The van der Waals surface area contributed by atoms with Gasteiger partial charge in [0.05, 0.1) is 17.0 Å². The number of rotatable bonds is 2. The highest BCUT2D eigenvalue weighted by atomic mass is 14.7. The molecule has 0 bridgehead atoms. The van der Waals surface area contributed by atoms with Crippen molar-refractivity contribution >= 4 is 0 Å². The first kappa shape index (κ1) is 12.3. The smallest absolute Gasteiger partial charge is 0.101 e. The third-order valence-corrected chi connectivity index (χ3v) is 3.08. The number of pyridine rings is 1. The first-order valence-electron chi connectivity index (χ1n) is 6.10. The quantitative estimate of drug-likeness (QED) is 0.788. The van der Waals surface area contributed by atoms with Crippen LogP contribution in [-0.4, -0.2) is 4.98 Å². The number of aryl methyl sites for hydroxylation is 1. The normalized spacial score (nSPS) is 10.4. The Morgan fingerprint density at radius 1 is 1.06 bits per heavy atom. The summed E-state index contributed by atoms with van der Waals surface area (Å²) in [5.74, 6) is 0.537. The van der Waals surface area contributed by atoms with Gasteiger partial charge in [-0.15, -0.1) is 0 Å². The van der Waals surface area contributed by atoms with Crippen LogP contribution >= 0.6 is 0 Å². The fourth-order valence-electron chi connectivity index (χ4n) is 1.88. The Balaban J connectivity index is 2.37. The molecule has 0 aliphatic rings. The Labute approximate surface area is 108 Å². The van der Waals surface area contributed by atoms with Crippen molar-refractivity contribution in [3.63, 3.8) is 0 Å². The second-order valence-corrected chi connectivity index (χ2v) is 4.72. The van der Waals surface area contributed by atoms with Crippen LogP contribution in [0.15, 0.2) is 36.4 Å². The lowest BCUT2D eigenvalue weighted by Gasteiger charge is -2.07. The molecule has 2 aromatic rings. The highest BCUT2D eigenvalue weighted by Gasteiger charge is 2.04. The maximum atomic E-state index is 8.89. The lowest BCUT2D eigenvalue weighted by atomic mass is 10.0. The van der Waals surface area contributed by atoms with Gasteiger partial charge >= 0.3 is 0 Å². The minimum absolute atomic E-state index is 0.537. The lowest BCUT2D eigenvalue weighted by Crippen LogP contribution is -1.92. The molecule has 0 radical (unpaired) electrons. The highest BCUT2D eigenvalue weighted by Crippen LogP contribution is 2.22. The first-order chi connectivity index (χ1) is 8.61. The highest BCUT2D eigenvalue weighted by molar-refractivity contribution is 5.60. The van der Waals surface area contributed by atoms with Crippen molar-refractivity contribution in [2.45, 2.75) is 26.7 Å². The van der Waals surface area contributed by atoms with E-state index in [1.54, 1.807) is 0 Å². The van der Waals surface area contributed by atoms with Gasteiger partial charge < -0.3 is 0 Å². The Kier molecular flexibility index (Phi) is 3.43. The maximum absolute atomic E-state index is 8.89. The number of benzene rings is 1. The van der Waals surface area contributed by atoms with Gasteiger partial charge in [-0.05, 0) is 30.5 Å². The van der Waals surface area contributed by atoms with Crippen LogP contribution in [-0.2, 0) is 0 Å². The van der Waals surface area contributed by atoms with Crippen LogP contribution < -0.4 is 0 Å². The van der Waals surface area contributed by atoms with Gasteiger partial charge in [0.1, 0.15) is 6.07 Å². The average Bonchev–Trinajstić information content (AvgIpc) is 2.38. The van der Waals surface area contributed by atoms with E-state index in [1.807, 2.05) is 19.1 Å². The number of hydrogen-bond acceptors (Lipinski definition) is 2. The molecule has 0 fully saturated rings. The van der Waals surface area contributed by atoms with E-state index in [2.05, 4.69) is 49.2 Å². The fourth-order valence-corrected chi connectivity index (χ4v) is 1.88. The minimum Gasteiger partial charge on any atom is -0.252 e. The Hall–Kier alpha value is -2.14. The van der Waals surface area contributed by atoms with Crippen molar-refractivity contribution in [2.75, 3.05) is 0 Å². The van der Waals surface area contributed by atoms with E-state index >= 15 is 0 Å². The molecule has 1 aromatic carbocycles. The van der Waals surface area contributed by atoms with E-state index in [9.17, 15) is 0 Å². The van der Waals surface area contributed by atoms with Crippen LogP contribution in [0, 0.1) is 18.3 Å². The van der Waals surface area contributed by atoms with Crippen molar-refractivity contribution in [3.05, 3.63) is 53.2 Å². The summed E-state index contributed by atoms with van der Waals surface area (Å²) in [6.07, 6.45) is 0. The summed E-state index contributed by atoms with van der Waals surface area (Å²) in [6, 6.07) is 14.3. The van der Waals surface area contributed by atoms with Crippen molar-refractivity contribution < 1.29 is 0 Å². The third-order valence-electron chi connectivity index (χ3n) is 3.08. The molecule has 0 saturated carbocycles. The number of nitrogens with zero attached hydrogens (tertiary/aromatic N) is 2. The summed E-state index contributed by atoms with van der Waals surface area (Å²) in [7, 11) is 0. The molecule has 0 N–H and O–H groups in total. The van der Waals surface area contributed by atoms with Gasteiger partial charge in [0.25, 0.3) is 0 Å². The molecule has 2 heteroatoms. The van der Waals surface area contributed by atoms with Crippen molar-refractivity contribution in [2.24, 2.45) is 0 Å². The molecule has 0 amide bonds. The summed E-state index contributed by atoms with van der Waals surface area (Å²) in [4.78, 5) is 4.47. The minimum atomic E-state index is 0.537. The molecule has 0 unspecified atom stereocenters. The van der Waals surface area contributed by atoms with E-state index in [-0.39, 0.29) is 0 Å². The van der Waals surface area contributed by atoms with E-state index in [0.717, 1.165) is 17.0 Å². The molecule has 0 atom stereocenters. The van der Waals surface area contributed by atoms with Crippen LogP contribution in [0.5, 0.6) is 0 Å². The molecule has 2 rings (SSSR count). The summed E-state index contributed by atoms with van der Waals surface area (Å²) >= 11 is 0. The number of hydrogen-bond donors (Lipinski definition) is 0. The molecule has 0 aliphatic heterocycles. The summed E-state index contributed by atoms with van der Waals surface area (Å²) in [5.41, 5.74) is 4.75. The molecule has 0 saturated heterocycles. The van der Waals surface area contributed by atoms with Gasteiger partial charge in [-0.2, -0.15) is 5.26 Å². The van der Waals surface area contributed by atoms with Crippen molar-refractivity contribution in [1.29, 1.82) is 5.26 Å². The standard InChI is InChI=1S/C16H16N2/c1-11(2)13-4-6-14(7-5-13)16-9-8-15(10-17)12(3)18-16/h4-9,11H,1-3H3. The maximum Gasteiger partial charge on any atom is 0.101 e. The van der Waals surface area contributed by atoms with Gasteiger partial charge in [0.2, 0.25) is 0 Å².